The second-order valence-corrected chi connectivity index (χ2v) is 4.59. The van der Waals surface area contributed by atoms with Gasteiger partial charge in [-0.25, -0.2) is 13.5 Å². The highest BCUT2D eigenvalue weighted by atomic mass is 19.1. The van der Waals surface area contributed by atoms with Gasteiger partial charge < -0.3 is 11.1 Å². The highest BCUT2D eigenvalue weighted by Crippen LogP contribution is 2.32. The smallest absolute Gasteiger partial charge is 0.269 e. The summed E-state index contributed by atoms with van der Waals surface area (Å²) in [4.78, 5) is 11.2. The van der Waals surface area contributed by atoms with Gasteiger partial charge in [-0.2, -0.15) is 5.10 Å². The van der Waals surface area contributed by atoms with Crippen LogP contribution in [0.2, 0.25) is 0 Å². The second kappa shape index (κ2) is 4.59. The molecule has 0 saturated heterocycles. The highest BCUT2D eigenvalue weighted by Gasteiger charge is 2.28. The first-order valence-corrected chi connectivity index (χ1v) is 6.15. The summed E-state index contributed by atoms with van der Waals surface area (Å²) in [5, 5.41) is 7.06. The fourth-order valence-electron chi connectivity index (χ4n) is 2.44. The Morgan fingerprint density at radius 3 is 2.75 bits per heavy atom. The fraction of sp³-hybridized carbons (Fsp3) is 0.231. The van der Waals surface area contributed by atoms with E-state index in [1.807, 2.05) is 0 Å². The molecule has 1 aromatic heterocycles. The molecule has 0 bridgehead atoms. The van der Waals surface area contributed by atoms with Crippen molar-refractivity contribution in [2.45, 2.75) is 12.5 Å². The Hall–Kier alpha value is -2.44. The summed E-state index contributed by atoms with van der Waals surface area (Å²) in [7, 11) is 0. The number of anilines is 1. The minimum atomic E-state index is -0.679. The molecular formula is C13H12F2N4O. The molecule has 3 rings (SSSR count). The van der Waals surface area contributed by atoms with Gasteiger partial charge in [0, 0.05) is 18.2 Å². The third-order valence-electron chi connectivity index (χ3n) is 3.34. The van der Waals surface area contributed by atoms with E-state index in [0.717, 1.165) is 0 Å². The van der Waals surface area contributed by atoms with E-state index in [4.69, 9.17) is 5.73 Å². The topological polar surface area (TPSA) is 72.9 Å². The number of primary amides is 1. The van der Waals surface area contributed by atoms with Crippen molar-refractivity contribution in [3.63, 3.8) is 0 Å². The van der Waals surface area contributed by atoms with Crippen molar-refractivity contribution in [3.8, 4) is 0 Å². The molecule has 0 fully saturated rings. The monoisotopic (exact) mass is 278 g/mol. The van der Waals surface area contributed by atoms with Crippen LogP contribution in [0, 0.1) is 11.6 Å². The lowest BCUT2D eigenvalue weighted by Crippen LogP contribution is -2.26. The Kier molecular flexibility index (Phi) is 2.89. The number of hydrogen-bond acceptors (Lipinski definition) is 3. The van der Waals surface area contributed by atoms with Crippen molar-refractivity contribution >= 4 is 11.7 Å². The summed E-state index contributed by atoms with van der Waals surface area (Å²) in [6, 6.07) is 4.61. The molecule has 1 amide bonds. The number of nitrogens with two attached hydrogens (primary N) is 1. The van der Waals surface area contributed by atoms with Gasteiger partial charge in [-0.1, -0.05) is 6.07 Å². The van der Waals surface area contributed by atoms with E-state index in [9.17, 15) is 13.6 Å². The lowest BCUT2D eigenvalue weighted by atomic mass is 10.0. The van der Waals surface area contributed by atoms with Crippen LogP contribution < -0.4 is 11.1 Å². The van der Waals surface area contributed by atoms with Crippen LogP contribution in [-0.4, -0.2) is 22.2 Å². The molecule has 20 heavy (non-hydrogen) atoms. The van der Waals surface area contributed by atoms with Crippen LogP contribution in [0.4, 0.5) is 14.6 Å². The molecule has 2 heterocycles. The van der Waals surface area contributed by atoms with E-state index in [2.05, 4.69) is 10.4 Å². The highest BCUT2D eigenvalue weighted by molar-refractivity contribution is 5.91. The first kappa shape index (κ1) is 12.6. The number of halogens is 2. The number of carbonyl (C=O) groups excluding carboxylic acids is 1. The van der Waals surface area contributed by atoms with E-state index in [0.29, 0.717) is 18.8 Å². The standard InChI is InChI=1S/C13H12F2N4O/c14-7-2-1-3-8(15)12(7)10-4-5-17-11-6-9(13(16)20)18-19(10)11/h1-3,6,10,17H,4-5H2,(H2,16,20). The van der Waals surface area contributed by atoms with Gasteiger partial charge in [0.1, 0.15) is 17.5 Å². The zero-order chi connectivity index (χ0) is 14.3. The summed E-state index contributed by atoms with van der Waals surface area (Å²) < 4.78 is 29.2. The van der Waals surface area contributed by atoms with Crippen LogP contribution in [0.3, 0.4) is 0 Å². The number of carbonyl (C=O) groups is 1. The number of nitrogens with one attached hydrogen (secondary N) is 1. The average Bonchev–Trinajstić information content (AvgIpc) is 2.83. The molecule has 7 heteroatoms. The summed E-state index contributed by atoms with van der Waals surface area (Å²) in [6.07, 6.45) is 0.463. The van der Waals surface area contributed by atoms with Gasteiger partial charge in [0.05, 0.1) is 6.04 Å². The molecule has 104 valence electrons. The fourth-order valence-corrected chi connectivity index (χ4v) is 2.44. The summed E-state index contributed by atoms with van der Waals surface area (Å²) >= 11 is 0. The molecule has 5 nitrogen and oxygen atoms in total. The Bertz CT molecular complexity index is 663. The molecule has 1 atom stereocenters. The maximum absolute atomic E-state index is 13.9. The summed E-state index contributed by atoms with van der Waals surface area (Å²) in [5.41, 5.74) is 5.20. The minimum Gasteiger partial charge on any atom is -0.370 e. The van der Waals surface area contributed by atoms with Gasteiger partial charge in [0.2, 0.25) is 0 Å². The molecule has 0 spiro atoms. The molecule has 0 saturated carbocycles. The van der Waals surface area contributed by atoms with Crippen molar-refractivity contribution in [1.82, 2.24) is 9.78 Å². The Labute approximate surface area is 113 Å². The SMILES string of the molecule is NC(=O)c1cc2n(n1)C(c1c(F)cccc1F)CCN2. The number of amides is 1. The quantitative estimate of drug-likeness (QED) is 0.877. The number of benzene rings is 1. The number of hydrogen-bond donors (Lipinski definition) is 2. The molecule has 3 N–H and O–H groups in total. The lowest BCUT2D eigenvalue weighted by Gasteiger charge is -2.26. The Morgan fingerprint density at radius 2 is 2.10 bits per heavy atom. The summed E-state index contributed by atoms with van der Waals surface area (Å²) in [6.45, 7) is 0.530. The van der Waals surface area contributed by atoms with E-state index in [1.54, 1.807) is 0 Å². The van der Waals surface area contributed by atoms with Crippen molar-refractivity contribution in [1.29, 1.82) is 0 Å². The first-order valence-electron chi connectivity index (χ1n) is 6.15. The maximum atomic E-state index is 13.9. The zero-order valence-corrected chi connectivity index (χ0v) is 10.4. The first-order chi connectivity index (χ1) is 9.58. The third kappa shape index (κ3) is 1.91. The van der Waals surface area contributed by atoms with E-state index >= 15 is 0 Å². The zero-order valence-electron chi connectivity index (χ0n) is 10.4. The minimum absolute atomic E-state index is 0.0469. The average molecular weight is 278 g/mol. The van der Waals surface area contributed by atoms with Crippen molar-refractivity contribution in [3.05, 3.63) is 47.2 Å². The normalized spacial score (nSPS) is 17.4. The van der Waals surface area contributed by atoms with Crippen LogP contribution in [-0.2, 0) is 0 Å². The molecule has 0 radical (unpaired) electrons. The van der Waals surface area contributed by atoms with Gasteiger partial charge >= 0.3 is 0 Å². The number of rotatable bonds is 2. The number of fused-ring (bicyclic) bond motifs is 1. The largest absolute Gasteiger partial charge is 0.370 e. The van der Waals surface area contributed by atoms with E-state index < -0.39 is 23.6 Å². The maximum Gasteiger partial charge on any atom is 0.269 e. The van der Waals surface area contributed by atoms with E-state index in [1.165, 1.54) is 28.9 Å². The molecule has 2 aromatic rings. The Balaban J connectivity index is 2.12. The van der Waals surface area contributed by atoms with Crippen LogP contribution in [0.5, 0.6) is 0 Å². The molecule has 1 aliphatic heterocycles. The van der Waals surface area contributed by atoms with Gasteiger partial charge in [-0.15, -0.1) is 0 Å². The van der Waals surface area contributed by atoms with Gasteiger partial charge in [0.25, 0.3) is 5.91 Å². The molecule has 1 aliphatic rings. The van der Waals surface area contributed by atoms with Crippen LogP contribution in [0.15, 0.2) is 24.3 Å². The molecule has 1 aromatic carbocycles. The molecule has 0 aliphatic carbocycles. The molecular weight excluding hydrogens is 266 g/mol. The van der Waals surface area contributed by atoms with Crippen LogP contribution in [0.1, 0.15) is 28.5 Å². The van der Waals surface area contributed by atoms with Gasteiger partial charge in [-0.3, -0.25) is 4.79 Å². The predicted molar refractivity (Wildman–Crippen MR) is 68.3 cm³/mol. The van der Waals surface area contributed by atoms with Gasteiger partial charge in [0.15, 0.2) is 5.69 Å². The van der Waals surface area contributed by atoms with Crippen molar-refractivity contribution in [2.75, 3.05) is 11.9 Å². The molecule has 1 unspecified atom stereocenters. The number of nitrogens with zero attached hydrogens (tertiary/aromatic N) is 2. The predicted octanol–water partition coefficient (Wildman–Crippen LogP) is 1.67. The van der Waals surface area contributed by atoms with Crippen molar-refractivity contribution < 1.29 is 13.6 Å². The second-order valence-electron chi connectivity index (χ2n) is 4.59. The van der Waals surface area contributed by atoms with Crippen molar-refractivity contribution in [2.24, 2.45) is 5.73 Å². The Morgan fingerprint density at radius 1 is 1.40 bits per heavy atom. The van der Waals surface area contributed by atoms with Crippen LogP contribution in [0.25, 0.3) is 0 Å². The third-order valence-corrected chi connectivity index (χ3v) is 3.34. The van der Waals surface area contributed by atoms with Gasteiger partial charge in [-0.05, 0) is 18.6 Å². The lowest BCUT2D eigenvalue weighted by molar-refractivity contribution is 0.0994. The van der Waals surface area contributed by atoms with Crippen LogP contribution >= 0.6 is 0 Å². The number of aromatic nitrogens is 2. The summed E-state index contributed by atoms with van der Waals surface area (Å²) in [5.74, 6) is -1.41. The van der Waals surface area contributed by atoms with E-state index in [-0.39, 0.29) is 11.3 Å².